The number of rotatable bonds is 14. The van der Waals surface area contributed by atoms with Crippen molar-refractivity contribution in [1.29, 1.82) is 0 Å². The maximum Gasteiger partial charge on any atom is 0.408 e. The van der Waals surface area contributed by atoms with Gasteiger partial charge in [-0.1, -0.05) is 89.9 Å². The summed E-state index contributed by atoms with van der Waals surface area (Å²) in [5.41, 5.74) is 3.76. The standard InChI is InChI=1S/C44H43Cl2N3O8/c1-54-38-15-14-29(21-39(38)55-2)34(22-35-36(45)23-49(53)24-37(35)46)41-31(11-7-13-33(41)43(50)51)26-56-32-12-6-10-30(20-32)42(28-8-4-3-5-9-28)47-44(52)57-40-25-48-18-16-27(40)17-19-48/h3-15,20-21,23-24,27,34,40,42H,16-19,22,25-26H2,1-2H3,(H2-,47,50,51,52,53)/t34?,40-,42?/m0/s1. The van der Waals surface area contributed by atoms with E-state index in [1.165, 1.54) is 32.7 Å². The van der Waals surface area contributed by atoms with Gasteiger partial charge in [-0.25, -0.2) is 4.79 Å². The number of aromatic carboxylic acids is 1. The van der Waals surface area contributed by atoms with Crippen molar-refractivity contribution >= 4 is 35.3 Å². The Morgan fingerprint density at radius 1 is 0.877 bits per heavy atom. The van der Waals surface area contributed by atoms with E-state index in [0.29, 0.717) is 45.4 Å². The van der Waals surface area contributed by atoms with Crippen LogP contribution in [0.3, 0.4) is 0 Å². The van der Waals surface area contributed by atoms with Crippen LogP contribution in [0.2, 0.25) is 10.0 Å². The van der Waals surface area contributed by atoms with Gasteiger partial charge in [0.1, 0.15) is 28.5 Å². The van der Waals surface area contributed by atoms with Crippen molar-refractivity contribution in [1.82, 2.24) is 10.2 Å². The SMILES string of the molecule is COc1ccc(C(Cc2c(Cl)c[n+](O)cc2Cl)c2c(COc3cccc(C(NC(=O)O[C@H]4CN5CCC4CC5)c4ccccc4)c3)cccc2C(=O)[O-])cc1OC. The molecule has 0 aliphatic carbocycles. The molecule has 2 N–H and O–H groups in total. The maximum absolute atomic E-state index is 13.4. The van der Waals surface area contributed by atoms with Crippen LogP contribution in [0.25, 0.3) is 0 Å². The quantitative estimate of drug-likeness (QED) is 0.0922. The van der Waals surface area contributed by atoms with E-state index in [1.54, 1.807) is 30.3 Å². The average molecular weight is 813 g/mol. The number of hydrogen-bond acceptors (Lipinski definition) is 9. The molecular weight excluding hydrogens is 769 g/mol. The number of amides is 1. The molecule has 1 aromatic heterocycles. The summed E-state index contributed by atoms with van der Waals surface area (Å²) in [6, 6.07) is 26.8. The first-order valence-corrected chi connectivity index (χ1v) is 19.5. The number of ether oxygens (including phenoxy) is 4. The Balaban J connectivity index is 1.21. The fourth-order valence-electron chi connectivity index (χ4n) is 8.01. The zero-order chi connectivity index (χ0) is 40.1. The highest BCUT2D eigenvalue weighted by Gasteiger charge is 2.37. The Hall–Kier alpha value is -5.49. The number of carbonyl (C=O) groups excluding carboxylic acids is 2. The Labute approximate surface area is 341 Å². The molecule has 0 spiro atoms. The van der Waals surface area contributed by atoms with Crippen LogP contribution in [0.1, 0.15) is 68.5 Å². The second kappa shape index (κ2) is 17.8. The van der Waals surface area contributed by atoms with Crippen LogP contribution in [-0.4, -0.2) is 62.1 Å². The monoisotopic (exact) mass is 811 g/mol. The number of fused-ring (bicyclic) bond motifs is 3. The van der Waals surface area contributed by atoms with Gasteiger partial charge in [-0.15, -0.1) is 0 Å². The van der Waals surface area contributed by atoms with Gasteiger partial charge in [-0.2, -0.15) is 0 Å². The number of hydrogen-bond donors (Lipinski definition) is 2. The lowest BCUT2D eigenvalue weighted by Gasteiger charge is -2.43. The van der Waals surface area contributed by atoms with Crippen molar-refractivity contribution in [2.75, 3.05) is 33.9 Å². The Morgan fingerprint density at radius 3 is 2.25 bits per heavy atom. The molecule has 57 heavy (non-hydrogen) atoms. The van der Waals surface area contributed by atoms with E-state index in [1.807, 2.05) is 54.6 Å². The molecule has 2 unspecified atom stereocenters. The highest BCUT2D eigenvalue weighted by atomic mass is 35.5. The summed E-state index contributed by atoms with van der Waals surface area (Å²) in [5, 5.41) is 26.4. The molecule has 5 aromatic rings. The van der Waals surface area contributed by atoms with Gasteiger partial charge < -0.3 is 34.2 Å². The summed E-state index contributed by atoms with van der Waals surface area (Å²) in [6.45, 7) is 2.81. The number of carboxylic acids is 1. The maximum atomic E-state index is 13.4. The van der Waals surface area contributed by atoms with Crippen molar-refractivity contribution in [3.63, 3.8) is 0 Å². The number of alkyl carbamates (subject to hydrolysis) is 1. The third kappa shape index (κ3) is 9.06. The number of nitrogens with zero attached hydrogens (tertiary/aromatic N) is 2. The van der Waals surface area contributed by atoms with Crippen LogP contribution in [-0.2, 0) is 17.8 Å². The summed E-state index contributed by atoms with van der Waals surface area (Å²) in [4.78, 5) is 28.6. The molecule has 4 heterocycles. The molecule has 0 radical (unpaired) electrons. The fraction of sp³-hybridized carbons (Fsp3) is 0.295. The largest absolute Gasteiger partial charge is 0.545 e. The number of nitrogens with one attached hydrogen (secondary N) is 1. The van der Waals surface area contributed by atoms with E-state index in [2.05, 4.69) is 10.2 Å². The number of benzene rings is 4. The highest BCUT2D eigenvalue weighted by Crippen LogP contribution is 2.40. The molecule has 296 valence electrons. The lowest BCUT2D eigenvalue weighted by atomic mass is 9.81. The van der Waals surface area contributed by atoms with E-state index in [0.717, 1.165) is 48.3 Å². The fourth-order valence-corrected chi connectivity index (χ4v) is 8.61. The van der Waals surface area contributed by atoms with Gasteiger partial charge in [0, 0.05) is 28.3 Å². The van der Waals surface area contributed by atoms with Crippen LogP contribution in [0.5, 0.6) is 17.2 Å². The highest BCUT2D eigenvalue weighted by molar-refractivity contribution is 6.35. The van der Waals surface area contributed by atoms with Crippen LogP contribution in [0, 0.1) is 5.92 Å². The summed E-state index contributed by atoms with van der Waals surface area (Å²) in [6.07, 6.45) is 4.19. The number of methoxy groups -OCH3 is 2. The van der Waals surface area contributed by atoms with Gasteiger partial charge in [-0.05, 0) is 90.4 Å². The lowest BCUT2D eigenvalue weighted by molar-refractivity contribution is -0.904. The summed E-state index contributed by atoms with van der Waals surface area (Å²) >= 11 is 13.2. The van der Waals surface area contributed by atoms with Gasteiger partial charge >= 0.3 is 6.09 Å². The number of piperidine rings is 3. The van der Waals surface area contributed by atoms with Crippen LogP contribution >= 0.6 is 23.2 Å². The lowest BCUT2D eigenvalue weighted by Crippen LogP contribution is -2.52. The molecule has 8 rings (SSSR count). The topological polar surface area (TPSA) is 134 Å². The minimum atomic E-state index is -1.38. The first-order chi connectivity index (χ1) is 27.6. The predicted molar refractivity (Wildman–Crippen MR) is 211 cm³/mol. The molecular formula is C44H43Cl2N3O8. The first-order valence-electron chi connectivity index (χ1n) is 18.7. The van der Waals surface area contributed by atoms with Crippen LogP contribution in [0.15, 0.2) is 103 Å². The Morgan fingerprint density at radius 2 is 1.58 bits per heavy atom. The number of pyridine rings is 1. The predicted octanol–water partition coefficient (Wildman–Crippen LogP) is 6.76. The second-order valence-corrected chi connectivity index (χ2v) is 15.1. The number of carbonyl (C=O) groups is 2. The molecule has 3 atom stereocenters. The second-order valence-electron chi connectivity index (χ2n) is 14.3. The minimum absolute atomic E-state index is 0.0262. The molecule has 3 fully saturated rings. The van der Waals surface area contributed by atoms with Gasteiger partial charge in [0.25, 0.3) is 0 Å². The molecule has 11 nitrogen and oxygen atoms in total. The smallest absolute Gasteiger partial charge is 0.408 e. The molecule has 3 aliphatic rings. The van der Waals surface area contributed by atoms with Gasteiger partial charge in [0.05, 0.1) is 26.2 Å². The number of aromatic nitrogens is 1. The van der Waals surface area contributed by atoms with E-state index in [4.69, 9.17) is 42.1 Å². The molecule has 3 aliphatic heterocycles. The van der Waals surface area contributed by atoms with Crippen molar-refractivity contribution in [2.24, 2.45) is 5.92 Å². The normalized spacial score (nSPS) is 18.3. The first kappa shape index (κ1) is 39.7. The molecule has 0 saturated carbocycles. The average Bonchev–Trinajstić information content (AvgIpc) is 3.22. The number of halogens is 2. The van der Waals surface area contributed by atoms with Gasteiger partial charge in [0.2, 0.25) is 12.4 Å². The third-order valence-corrected chi connectivity index (χ3v) is 11.5. The van der Waals surface area contributed by atoms with E-state index in [9.17, 15) is 19.9 Å². The summed E-state index contributed by atoms with van der Waals surface area (Å²) in [7, 11) is 3.05. The van der Waals surface area contributed by atoms with E-state index >= 15 is 0 Å². The van der Waals surface area contributed by atoms with Crippen molar-refractivity contribution in [3.05, 3.63) is 152 Å². The molecule has 13 heteroatoms. The molecule has 4 aromatic carbocycles. The summed E-state index contributed by atoms with van der Waals surface area (Å²) < 4.78 is 24.3. The van der Waals surface area contributed by atoms with E-state index in [-0.39, 0.29) is 34.7 Å². The third-order valence-electron chi connectivity index (χ3n) is 10.9. The summed E-state index contributed by atoms with van der Waals surface area (Å²) in [5.74, 6) is -0.247. The minimum Gasteiger partial charge on any atom is -0.545 e. The van der Waals surface area contributed by atoms with Crippen molar-refractivity contribution in [2.45, 2.75) is 43.9 Å². The van der Waals surface area contributed by atoms with Gasteiger partial charge in [0.15, 0.2) is 11.5 Å². The van der Waals surface area contributed by atoms with Gasteiger partial charge in [-0.3, -0.25) is 10.1 Å². The van der Waals surface area contributed by atoms with E-state index < -0.39 is 24.0 Å². The van der Waals surface area contributed by atoms with Crippen molar-refractivity contribution < 1.29 is 43.6 Å². The Bertz CT molecular complexity index is 2210. The van der Waals surface area contributed by atoms with Crippen LogP contribution < -0.4 is 29.4 Å². The van der Waals surface area contributed by atoms with Crippen molar-refractivity contribution in [3.8, 4) is 17.2 Å². The molecule has 2 bridgehead atoms. The zero-order valence-corrected chi connectivity index (χ0v) is 33.0. The van der Waals surface area contributed by atoms with Crippen LogP contribution in [0.4, 0.5) is 4.79 Å². The molecule has 1 amide bonds. The zero-order valence-electron chi connectivity index (χ0n) is 31.5. The molecule has 3 saturated heterocycles. The Kier molecular flexibility index (Phi) is 12.4. The number of carboxylic acid groups (broad SMARTS) is 1.